The largest absolute Gasteiger partial charge is 0.337 e. The third-order valence-electron chi connectivity index (χ3n) is 4.89. The van der Waals surface area contributed by atoms with Crippen LogP contribution in [0.15, 0.2) is 18.6 Å². The summed E-state index contributed by atoms with van der Waals surface area (Å²) in [6.07, 6.45) is 8.56. The monoisotopic (exact) mass is 300 g/mol. The van der Waals surface area contributed by atoms with Crippen LogP contribution in [-0.4, -0.2) is 37.8 Å². The lowest BCUT2D eigenvalue weighted by Gasteiger charge is -2.25. The van der Waals surface area contributed by atoms with E-state index < -0.39 is 0 Å². The SMILES string of the molecule is CN1CCn2ncc(CNC(c3nccn3C)C3CC3)c2C1. The number of fused-ring (bicyclic) bond motifs is 1. The highest BCUT2D eigenvalue weighted by molar-refractivity contribution is 5.19. The zero-order valence-corrected chi connectivity index (χ0v) is 13.4. The van der Waals surface area contributed by atoms with Crippen molar-refractivity contribution in [2.75, 3.05) is 13.6 Å². The molecule has 6 heteroatoms. The van der Waals surface area contributed by atoms with E-state index in [9.17, 15) is 0 Å². The first-order valence-corrected chi connectivity index (χ1v) is 8.15. The van der Waals surface area contributed by atoms with Crippen LogP contribution in [-0.2, 0) is 26.7 Å². The van der Waals surface area contributed by atoms with E-state index in [1.165, 1.54) is 24.1 Å². The van der Waals surface area contributed by atoms with Crippen LogP contribution >= 0.6 is 0 Å². The summed E-state index contributed by atoms with van der Waals surface area (Å²) in [4.78, 5) is 6.91. The van der Waals surface area contributed by atoms with E-state index in [1.54, 1.807) is 0 Å². The lowest BCUT2D eigenvalue weighted by molar-refractivity contribution is 0.257. The molecule has 2 aromatic rings. The third-order valence-corrected chi connectivity index (χ3v) is 4.89. The van der Waals surface area contributed by atoms with E-state index in [4.69, 9.17) is 0 Å². The minimum Gasteiger partial charge on any atom is -0.337 e. The first-order chi connectivity index (χ1) is 10.7. The third kappa shape index (κ3) is 2.57. The maximum absolute atomic E-state index is 4.55. The number of imidazole rings is 1. The van der Waals surface area contributed by atoms with Gasteiger partial charge < -0.3 is 9.88 Å². The molecule has 0 radical (unpaired) electrons. The van der Waals surface area contributed by atoms with Crippen molar-refractivity contribution in [1.82, 2.24) is 29.5 Å². The summed E-state index contributed by atoms with van der Waals surface area (Å²) in [6, 6.07) is 0.358. The number of rotatable bonds is 5. The van der Waals surface area contributed by atoms with Gasteiger partial charge in [0.1, 0.15) is 5.82 Å². The minimum atomic E-state index is 0.358. The van der Waals surface area contributed by atoms with Crippen LogP contribution in [0.4, 0.5) is 0 Å². The van der Waals surface area contributed by atoms with Gasteiger partial charge in [0, 0.05) is 44.6 Å². The van der Waals surface area contributed by atoms with Gasteiger partial charge in [0.05, 0.1) is 24.5 Å². The Balaban J connectivity index is 1.50. The summed E-state index contributed by atoms with van der Waals surface area (Å²) < 4.78 is 4.29. The van der Waals surface area contributed by atoms with Crippen LogP contribution in [0.25, 0.3) is 0 Å². The fraction of sp³-hybridized carbons (Fsp3) is 0.625. The van der Waals surface area contributed by atoms with Gasteiger partial charge in [-0.3, -0.25) is 9.58 Å². The normalized spacial score (nSPS) is 20.1. The maximum Gasteiger partial charge on any atom is 0.125 e. The highest BCUT2D eigenvalue weighted by Gasteiger charge is 2.34. The number of hydrogen-bond donors (Lipinski definition) is 1. The van der Waals surface area contributed by atoms with Gasteiger partial charge in [0.25, 0.3) is 0 Å². The molecule has 1 aliphatic carbocycles. The topological polar surface area (TPSA) is 50.9 Å². The molecule has 1 aliphatic heterocycles. The first kappa shape index (κ1) is 14.0. The zero-order valence-electron chi connectivity index (χ0n) is 13.4. The smallest absolute Gasteiger partial charge is 0.125 e. The fourth-order valence-corrected chi connectivity index (χ4v) is 3.37. The van der Waals surface area contributed by atoms with Crippen LogP contribution in [0, 0.1) is 5.92 Å². The quantitative estimate of drug-likeness (QED) is 0.904. The molecule has 6 nitrogen and oxygen atoms in total. The molecule has 0 saturated heterocycles. The maximum atomic E-state index is 4.55. The molecule has 1 fully saturated rings. The van der Waals surface area contributed by atoms with Gasteiger partial charge in [-0.15, -0.1) is 0 Å². The summed E-state index contributed by atoms with van der Waals surface area (Å²) >= 11 is 0. The Kier molecular flexibility index (Phi) is 3.50. The summed E-state index contributed by atoms with van der Waals surface area (Å²) in [5.74, 6) is 1.89. The Morgan fingerprint density at radius 3 is 2.91 bits per heavy atom. The Bertz CT molecular complexity index is 653. The van der Waals surface area contributed by atoms with Gasteiger partial charge in [-0.25, -0.2) is 4.98 Å². The standard InChI is InChI=1S/C16H24N6/c1-20-7-8-22-14(11-20)13(10-19-22)9-18-15(12-3-4-12)16-17-5-6-21(16)2/h5-6,10,12,15,18H,3-4,7-9,11H2,1-2H3. The van der Waals surface area contributed by atoms with Crippen molar-refractivity contribution in [3.8, 4) is 0 Å². The number of hydrogen-bond acceptors (Lipinski definition) is 4. The molecule has 2 aliphatic rings. The van der Waals surface area contributed by atoms with Crippen LogP contribution in [0.5, 0.6) is 0 Å². The van der Waals surface area contributed by atoms with Crippen LogP contribution in [0.2, 0.25) is 0 Å². The Morgan fingerprint density at radius 2 is 2.18 bits per heavy atom. The molecule has 4 rings (SSSR count). The Labute approximate surface area is 131 Å². The Hall–Kier alpha value is -1.66. The van der Waals surface area contributed by atoms with Crippen molar-refractivity contribution in [1.29, 1.82) is 0 Å². The molecule has 1 atom stereocenters. The first-order valence-electron chi connectivity index (χ1n) is 8.15. The molecule has 1 saturated carbocycles. The molecule has 0 amide bonds. The van der Waals surface area contributed by atoms with E-state index in [2.05, 4.69) is 43.6 Å². The van der Waals surface area contributed by atoms with E-state index >= 15 is 0 Å². The average molecular weight is 300 g/mol. The molecule has 118 valence electrons. The Morgan fingerprint density at radius 1 is 1.32 bits per heavy atom. The summed E-state index contributed by atoms with van der Waals surface area (Å²) in [7, 11) is 4.25. The molecular weight excluding hydrogens is 276 g/mol. The van der Waals surface area contributed by atoms with Crippen molar-refractivity contribution in [2.24, 2.45) is 13.0 Å². The summed E-state index contributed by atoms with van der Waals surface area (Å²) in [5.41, 5.74) is 2.68. The second-order valence-electron chi connectivity index (χ2n) is 6.67. The van der Waals surface area contributed by atoms with E-state index in [0.29, 0.717) is 6.04 Å². The van der Waals surface area contributed by atoms with Gasteiger partial charge in [-0.1, -0.05) is 0 Å². The zero-order chi connectivity index (χ0) is 15.1. The van der Waals surface area contributed by atoms with Gasteiger partial charge in [0.2, 0.25) is 0 Å². The predicted molar refractivity (Wildman–Crippen MR) is 84.1 cm³/mol. The number of nitrogens with zero attached hydrogens (tertiary/aromatic N) is 5. The molecule has 1 unspecified atom stereocenters. The highest BCUT2D eigenvalue weighted by Crippen LogP contribution is 2.40. The van der Waals surface area contributed by atoms with Crippen molar-refractivity contribution in [3.63, 3.8) is 0 Å². The van der Waals surface area contributed by atoms with Gasteiger partial charge in [0.15, 0.2) is 0 Å². The number of nitrogens with one attached hydrogen (secondary N) is 1. The van der Waals surface area contributed by atoms with Gasteiger partial charge in [-0.2, -0.15) is 5.10 Å². The molecular formula is C16H24N6. The summed E-state index contributed by atoms with van der Waals surface area (Å²) in [6.45, 7) is 3.95. The predicted octanol–water partition coefficient (Wildman–Crippen LogP) is 1.30. The molecule has 0 spiro atoms. The highest BCUT2D eigenvalue weighted by atomic mass is 15.3. The lowest BCUT2D eigenvalue weighted by atomic mass is 10.1. The fourth-order valence-electron chi connectivity index (χ4n) is 3.37. The van der Waals surface area contributed by atoms with Gasteiger partial charge in [-0.05, 0) is 25.8 Å². The van der Waals surface area contributed by atoms with Gasteiger partial charge >= 0.3 is 0 Å². The molecule has 22 heavy (non-hydrogen) atoms. The average Bonchev–Trinajstić information content (AvgIpc) is 3.14. The number of aryl methyl sites for hydroxylation is 1. The van der Waals surface area contributed by atoms with E-state index in [1.807, 2.05) is 18.6 Å². The lowest BCUT2D eigenvalue weighted by Crippen LogP contribution is -2.32. The van der Waals surface area contributed by atoms with Crippen molar-refractivity contribution in [3.05, 3.63) is 35.7 Å². The summed E-state index contributed by atoms with van der Waals surface area (Å²) in [5, 5.41) is 8.28. The second kappa shape index (κ2) is 5.52. The minimum absolute atomic E-state index is 0.358. The van der Waals surface area contributed by atoms with Crippen LogP contribution < -0.4 is 5.32 Å². The van der Waals surface area contributed by atoms with Crippen LogP contribution in [0.1, 0.15) is 36.0 Å². The number of aromatic nitrogens is 4. The van der Waals surface area contributed by atoms with E-state index in [0.717, 1.165) is 37.9 Å². The van der Waals surface area contributed by atoms with Crippen LogP contribution in [0.3, 0.4) is 0 Å². The van der Waals surface area contributed by atoms with Crippen molar-refractivity contribution in [2.45, 2.75) is 38.5 Å². The molecule has 0 bridgehead atoms. The molecule has 0 aromatic carbocycles. The number of likely N-dealkylation sites (N-methyl/N-ethyl adjacent to an activating group) is 1. The van der Waals surface area contributed by atoms with Crippen molar-refractivity contribution >= 4 is 0 Å². The van der Waals surface area contributed by atoms with Crippen molar-refractivity contribution < 1.29 is 0 Å². The second-order valence-corrected chi connectivity index (χ2v) is 6.67. The molecule has 1 N–H and O–H groups in total. The van der Waals surface area contributed by atoms with E-state index in [-0.39, 0.29) is 0 Å². The molecule has 2 aromatic heterocycles. The molecule has 3 heterocycles.